The summed E-state index contributed by atoms with van der Waals surface area (Å²) in [7, 11) is 3.40. The minimum Gasteiger partial charge on any atom is -0.355 e. The molecule has 1 aliphatic carbocycles. The predicted molar refractivity (Wildman–Crippen MR) is 157 cm³/mol. The summed E-state index contributed by atoms with van der Waals surface area (Å²) in [4.78, 5) is 54.0. The van der Waals surface area contributed by atoms with Crippen molar-refractivity contribution < 1.29 is 19.2 Å². The molecule has 200 valence electrons. The zero-order valence-corrected chi connectivity index (χ0v) is 22.6. The van der Waals surface area contributed by atoms with Crippen molar-refractivity contribution in [2.75, 3.05) is 34.5 Å². The van der Waals surface area contributed by atoms with Crippen LogP contribution in [0, 0.1) is 0 Å². The van der Waals surface area contributed by atoms with Crippen molar-refractivity contribution in [1.82, 2.24) is 0 Å². The van der Waals surface area contributed by atoms with Crippen LogP contribution in [0.3, 0.4) is 0 Å². The number of hydrogen-bond donors (Lipinski definition) is 2. The summed E-state index contributed by atoms with van der Waals surface area (Å²) in [5, 5.41) is 6.58. The Balaban J connectivity index is 1.54. The molecular weight excluding hydrogens is 504 g/mol. The van der Waals surface area contributed by atoms with E-state index in [1.165, 1.54) is 23.6 Å². The van der Waals surface area contributed by atoms with E-state index in [-0.39, 0.29) is 34.5 Å². The Morgan fingerprint density at radius 1 is 0.550 bits per heavy atom. The Morgan fingerprint density at radius 2 is 0.900 bits per heavy atom. The summed E-state index contributed by atoms with van der Waals surface area (Å²) in [6, 6.07) is 24.9. The number of amides is 2. The van der Waals surface area contributed by atoms with E-state index in [1.807, 2.05) is 48.5 Å². The van der Waals surface area contributed by atoms with Gasteiger partial charge in [-0.05, 0) is 60.7 Å². The number of rotatable bonds is 6. The van der Waals surface area contributed by atoms with E-state index in [2.05, 4.69) is 10.6 Å². The highest BCUT2D eigenvalue weighted by Crippen LogP contribution is 2.39. The molecule has 0 bridgehead atoms. The number of anilines is 6. The topological polar surface area (TPSA) is 98.8 Å². The molecule has 2 N–H and O–H groups in total. The SMILES string of the molecule is CC(=O)N(C)c1ccc(Nc2ccc(Nc3ccc(N(C)C(C)=O)cc3)c3c2C(=O)c2ccccc2C3=O)cc1. The molecule has 0 unspecified atom stereocenters. The number of nitrogens with one attached hydrogen (secondary N) is 2. The molecule has 0 aromatic heterocycles. The van der Waals surface area contributed by atoms with Gasteiger partial charge in [0.1, 0.15) is 0 Å². The molecular formula is C32H28N4O4. The molecule has 0 aliphatic heterocycles. The maximum Gasteiger partial charge on any atom is 0.223 e. The van der Waals surface area contributed by atoms with E-state index in [9.17, 15) is 19.2 Å². The Labute approximate surface area is 232 Å². The molecule has 0 radical (unpaired) electrons. The molecule has 40 heavy (non-hydrogen) atoms. The monoisotopic (exact) mass is 532 g/mol. The van der Waals surface area contributed by atoms with Crippen LogP contribution in [0.1, 0.15) is 45.7 Å². The normalized spacial score (nSPS) is 11.8. The van der Waals surface area contributed by atoms with Gasteiger partial charge >= 0.3 is 0 Å². The van der Waals surface area contributed by atoms with Crippen LogP contribution in [-0.4, -0.2) is 37.5 Å². The average Bonchev–Trinajstić information content (AvgIpc) is 2.96. The average molecular weight is 533 g/mol. The molecule has 1 aliphatic rings. The van der Waals surface area contributed by atoms with Crippen LogP contribution in [0.2, 0.25) is 0 Å². The molecule has 4 aromatic carbocycles. The molecule has 5 rings (SSSR count). The first-order valence-corrected chi connectivity index (χ1v) is 12.7. The molecule has 0 saturated heterocycles. The lowest BCUT2D eigenvalue weighted by atomic mass is 9.82. The van der Waals surface area contributed by atoms with Crippen molar-refractivity contribution in [2.24, 2.45) is 0 Å². The smallest absolute Gasteiger partial charge is 0.223 e. The molecule has 0 fully saturated rings. The number of hydrogen-bond acceptors (Lipinski definition) is 6. The molecule has 0 saturated carbocycles. The summed E-state index contributed by atoms with van der Waals surface area (Å²) >= 11 is 0. The molecule has 0 heterocycles. The van der Waals surface area contributed by atoms with Crippen molar-refractivity contribution in [3.8, 4) is 0 Å². The van der Waals surface area contributed by atoms with Gasteiger partial charge in [0.2, 0.25) is 11.8 Å². The number of carbonyl (C=O) groups is 4. The van der Waals surface area contributed by atoms with Crippen molar-refractivity contribution in [1.29, 1.82) is 0 Å². The number of carbonyl (C=O) groups excluding carboxylic acids is 4. The van der Waals surface area contributed by atoms with Gasteiger partial charge in [-0.2, -0.15) is 0 Å². The lowest BCUT2D eigenvalue weighted by molar-refractivity contribution is -0.117. The van der Waals surface area contributed by atoms with Crippen LogP contribution in [0.25, 0.3) is 0 Å². The van der Waals surface area contributed by atoms with E-state index in [4.69, 9.17) is 0 Å². The third-order valence-corrected chi connectivity index (χ3v) is 7.09. The maximum absolute atomic E-state index is 13.8. The van der Waals surface area contributed by atoms with Gasteiger partial charge in [0, 0.05) is 61.8 Å². The zero-order valence-electron chi connectivity index (χ0n) is 22.6. The van der Waals surface area contributed by atoms with Crippen LogP contribution in [0.15, 0.2) is 84.9 Å². The summed E-state index contributed by atoms with van der Waals surface area (Å²) in [6.07, 6.45) is 0. The number of ketones is 2. The summed E-state index contributed by atoms with van der Waals surface area (Å²) < 4.78 is 0. The van der Waals surface area contributed by atoms with Gasteiger partial charge in [0.15, 0.2) is 11.6 Å². The van der Waals surface area contributed by atoms with Crippen molar-refractivity contribution in [2.45, 2.75) is 13.8 Å². The number of fused-ring (bicyclic) bond motifs is 2. The highest BCUT2D eigenvalue weighted by Gasteiger charge is 2.34. The highest BCUT2D eigenvalue weighted by atomic mass is 16.2. The van der Waals surface area contributed by atoms with Crippen LogP contribution >= 0.6 is 0 Å². The minimum absolute atomic E-state index is 0.0823. The van der Waals surface area contributed by atoms with E-state index < -0.39 is 0 Å². The Morgan fingerprint density at radius 3 is 1.23 bits per heavy atom. The number of nitrogens with zero attached hydrogens (tertiary/aromatic N) is 2. The van der Waals surface area contributed by atoms with Gasteiger partial charge < -0.3 is 20.4 Å². The minimum atomic E-state index is -0.247. The molecule has 8 heteroatoms. The largest absolute Gasteiger partial charge is 0.355 e. The van der Waals surface area contributed by atoms with Gasteiger partial charge in [0.25, 0.3) is 0 Å². The summed E-state index contributed by atoms with van der Waals surface area (Å²) in [5.74, 6) is -0.660. The third-order valence-electron chi connectivity index (χ3n) is 7.09. The van der Waals surface area contributed by atoms with Crippen molar-refractivity contribution >= 4 is 57.5 Å². The van der Waals surface area contributed by atoms with E-state index >= 15 is 0 Å². The fraction of sp³-hybridized carbons (Fsp3) is 0.125. The van der Waals surface area contributed by atoms with Gasteiger partial charge in [-0.3, -0.25) is 19.2 Å². The molecule has 2 amide bonds. The van der Waals surface area contributed by atoms with E-state index in [0.717, 1.165) is 11.4 Å². The fourth-order valence-corrected chi connectivity index (χ4v) is 4.64. The lowest BCUT2D eigenvalue weighted by Gasteiger charge is -2.24. The third kappa shape index (κ3) is 4.82. The molecule has 8 nitrogen and oxygen atoms in total. The van der Waals surface area contributed by atoms with Gasteiger partial charge in [-0.25, -0.2) is 0 Å². The van der Waals surface area contributed by atoms with Crippen LogP contribution in [0.5, 0.6) is 0 Å². The second-order valence-electron chi connectivity index (χ2n) is 9.61. The Bertz CT molecular complexity index is 1540. The maximum atomic E-state index is 13.8. The summed E-state index contributed by atoms with van der Waals surface area (Å²) in [5.41, 5.74) is 5.16. The van der Waals surface area contributed by atoms with E-state index in [0.29, 0.717) is 33.9 Å². The fourth-order valence-electron chi connectivity index (χ4n) is 4.64. The highest BCUT2D eigenvalue weighted by molar-refractivity contribution is 6.32. The predicted octanol–water partition coefficient (Wildman–Crippen LogP) is 5.91. The van der Waals surface area contributed by atoms with Gasteiger partial charge in [-0.15, -0.1) is 0 Å². The first kappa shape index (κ1) is 26.4. The Hall–Kier alpha value is -5.24. The molecule has 0 atom stereocenters. The Kier molecular flexibility index (Phi) is 6.92. The van der Waals surface area contributed by atoms with Crippen molar-refractivity contribution in [3.63, 3.8) is 0 Å². The van der Waals surface area contributed by atoms with Crippen LogP contribution in [0.4, 0.5) is 34.1 Å². The van der Waals surface area contributed by atoms with E-state index in [1.54, 1.807) is 50.5 Å². The van der Waals surface area contributed by atoms with Crippen LogP contribution in [-0.2, 0) is 9.59 Å². The van der Waals surface area contributed by atoms with Crippen LogP contribution < -0.4 is 20.4 Å². The molecule has 4 aromatic rings. The van der Waals surface area contributed by atoms with Gasteiger partial charge in [0.05, 0.1) is 22.5 Å². The standard InChI is InChI=1S/C32H28N4O4/c1-19(37)35(3)23-13-9-21(10-14-23)33-27-17-18-28(34-22-11-15-24(16-12-22)36(4)20(2)38)30-29(27)31(39)25-7-5-6-8-26(25)32(30)40/h5-18,33-34H,1-4H3. The second kappa shape index (κ2) is 10.5. The second-order valence-corrected chi connectivity index (χ2v) is 9.61. The quantitative estimate of drug-likeness (QED) is 0.282. The van der Waals surface area contributed by atoms with Gasteiger partial charge in [-0.1, -0.05) is 24.3 Å². The number of benzene rings is 4. The van der Waals surface area contributed by atoms with Crippen molar-refractivity contribution in [3.05, 3.63) is 107 Å². The lowest BCUT2D eigenvalue weighted by Crippen LogP contribution is -2.23. The molecule has 0 spiro atoms. The zero-order chi connectivity index (χ0) is 28.6. The first-order valence-electron chi connectivity index (χ1n) is 12.7. The first-order chi connectivity index (χ1) is 19.2. The summed E-state index contributed by atoms with van der Waals surface area (Å²) in [6.45, 7) is 2.99.